The van der Waals surface area contributed by atoms with Gasteiger partial charge in [-0.25, -0.2) is 0 Å². The summed E-state index contributed by atoms with van der Waals surface area (Å²) in [6.45, 7) is 11.1. The number of likely N-dealkylation sites (tertiary alicyclic amines) is 1. The van der Waals surface area contributed by atoms with Gasteiger partial charge in [0.2, 0.25) is 0 Å². The number of aliphatic hydroxyl groups excluding tert-OH is 1. The highest BCUT2D eigenvalue weighted by atomic mass is 16.3. The summed E-state index contributed by atoms with van der Waals surface area (Å²) >= 11 is 0. The van der Waals surface area contributed by atoms with Gasteiger partial charge in [-0.3, -0.25) is 0 Å². The number of aliphatic hydroxyl groups is 1. The summed E-state index contributed by atoms with van der Waals surface area (Å²) in [5.74, 6) is 2.56. The van der Waals surface area contributed by atoms with Gasteiger partial charge in [0.15, 0.2) is 0 Å². The first-order chi connectivity index (χ1) is 8.54. The van der Waals surface area contributed by atoms with E-state index < -0.39 is 0 Å². The summed E-state index contributed by atoms with van der Waals surface area (Å²) in [4.78, 5) is 2.62. The molecule has 0 radical (unpaired) electrons. The van der Waals surface area contributed by atoms with Crippen molar-refractivity contribution >= 4 is 0 Å². The van der Waals surface area contributed by atoms with Crippen molar-refractivity contribution < 1.29 is 5.11 Å². The van der Waals surface area contributed by atoms with Crippen LogP contribution in [0.5, 0.6) is 0 Å². The predicted octanol–water partition coefficient (Wildman–Crippen LogP) is 3.15. The van der Waals surface area contributed by atoms with Crippen LogP contribution in [0.25, 0.3) is 0 Å². The number of hydrogen-bond donors (Lipinski definition) is 1. The van der Waals surface area contributed by atoms with E-state index in [-0.39, 0.29) is 5.41 Å². The number of rotatable bonds is 3. The number of piperidine rings is 1. The molecule has 1 saturated carbocycles. The van der Waals surface area contributed by atoms with E-state index in [1.165, 1.54) is 45.2 Å². The summed E-state index contributed by atoms with van der Waals surface area (Å²) in [6, 6.07) is 0. The molecule has 1 aliphatic carbocycles. The first-order valence-corrected chi connectivity index (χ1v) is 7.88. The second kappa shape index (κ2) is 5.92. The Kier molecular flexibility index (Phi) is 4.71. The molecule has 2 nitrogen and oxygen atoms in total. The zero-order valence-electron chi connectivity index (χ0n) is 12.5. The Morgan fingerprint density at radius 2 is 1.72 bits per heavy atom. The molecule has 1 heterocycles. The number of hydrogen-bond acceptors (Lipinski definition) is 2. The van der Waals surface area contributed by atoms with Gasteiger partial charge in [0, 0.05) is 25.1 Å². The van der Waals surface area contributed by atoms with Crippen molar-refractivity contribution in [3.63, 3.8) is 0 Å². The minimum absolute atomic E-state index is 0.215. The molecule has 18 heavy (non-hydrogen) atoms. The first kappa shape index (κ1) is 14.3. The van der Waals surface area contributed by atoms with Gasteiger partial charge in [0.05, 0.1) is 0 Å². The van der Waals surface area contributed by atoms with Crippen LogP contribution in [-0.4, -0.2) is 36.2 Å². The average molecular weight is 253 g/mol. The highest BCUT2D eigenvalue weighted by Crippen LogP contribution is 2.40. The maximum Gasteiger partial charge on any atom is 0.0499 e. The predicted molar refractivity (Wildman–Crippen MR) is 76.5 cm³/mol. The topological polar surface area (TPSA) is 23.5 Å². The first-order valence-electron chi connectivity index (χ1n) is 7.88. The SMILES string of the molecule is CC1CCC(CO)(CN2CCC(C)C(C)C2)CC1. The quantitative estimate of drug-likeness (QED) is 0.835. The molecule has 0 aromatic rings. The van der Waals surface area contributed by atoms with Crippen LogP contribution in [0.15, 0.2) is 0 Å². The summed E-state index contributed by atoms with van der Waals surface area (Å²) in [6.07, 6.45) is 6.40. The van der Waals surface area contributed by atoms with E-state index in [2.05, 4.69) is 25.7 Å². The molecule has 2 unspecified atom stereocenters. The van der Waals surface area contributed by atoms with E-state index >= 15 is 0 Å². The van der Waals surface area contributed by atoms with Gasteiger partial charge in [-0.2, -0.15) is 0 Å². The molecule has 1 N–H and O–H groups in total. The molecule has 2 rings (SSSR count). The van der Waals surface area contributed by atoms with Gasteiger partial charge >= 0.3 is 0 Å². The lowest BCUT2D eigenvalue weighted by molar-refractivity contribution is 0.0104. The Balaban J connectivity index is 1.90. The van der Waals surface area contributed by atoms with Crippen LogP contribution in [0.1, 0.15) is 52.9 Å². The van der Waals surface area contributed by atoms with Crippen LogP contribution in [0.3, 0.4) is 0 Å². The summed E-state index contributed by atoms with van der Waals surface area (Å²) in [5.41, 5.74) is 0.215. The number of nitrogens with zero attached hydrogens (tertiary/aromatic N) is 1. The Bertz CT molecular complexity index is 258. The molecule has 2 fully saturated rings. The molecule has 0 bridgehead atoms. The van der Waals surface area contributed by atoms with Gasteiger partial charge in [-0.1, -0.05) is 33.6 Å². The van der Waals surface area contributed by atoms with E-state index in [4.69, 9.17) is 0 Å². The third kappa shape index (κ3) is 3.27. The largest absolute Gasteiger partial charge is 0.396 e. The molecule has 0 spiro atoms. The van der Waals surface area contributed by atoms with E-state index in [0.717, 1.165) is 24.3 Å². The van der Waals surface area contributed by atoms with Crippen LogP contribution < -0.4 is 0 Å². The van der Waals surface area contributed by atoms with Crippen LogP contribution in [0.2, 0.25) is 0 Å². The molecule has 2 heteroatoms. The third-order valence-electron chi connectivity index (χ3n) is 5.65. The zero-order chi connectivity index (χ0) is 13.2. The van der Waals surface area contributed by atoms with Gasteiger partial charge in [0.1, 0.15) is 0 Å². The summed E-state index contributed by atoms with van der Waals surface area (Å²) in [5, 5.41) is 9.85. The second-order valence-electron chi connectivity index (χ2n) is 7.32. The minimum Gasteiger partial charge on any atom is -0.396 e. The van der Waals surface area contributed by atoms with Crippen LogP contribution in [0, 0.1) is 23.2 Å². The molecule has 106 valence electrons. The molecular weight excluding hydrogens is 222 g/mol. The average Bonchev–Trinajstić information content (AvgIpc) is 2.37. The van der Waals surface area contributed by atoms with Crippen LogP contribution in [-0.2, 0) is 0 Å². The maximum atomic E-state index is 9.85. The Morgan fingerprint density at radius 1 is 1.06 bits per heavy atom. The highest BCUT2D eigenvalue weighted by Gasteiger charge is 2.36. The molecule has 1 aliphatic heterocycles. The van der Waals surface area contributed by atoms with Crippen molar-refractivity contribution in [2.75, 3.05) is 26.2 Å². The van der Waals surface area contributed by atoms with Crippen LogP contribution >= 0.6 is 0 Å². The molecule has 0 amide bonds. The molecule has 2 atom stereocenters. The van der Waals surface area contributed by atoms with Gasteiger partial charge in [0.25, 0.3) is 0 Å². The van der Waals surface area contributed by atoms with Gasteiger partial charge < -0.3 is 10.0 Å². The van der Waals surface area contributed by atoms with E-state index in [0.29, 0.717) is 6.61 Å². The molecule has 0 aromatic carbocycles. The fraction of sp³-hybridized carbons (Fsp3) is 1.00. The van der Waals surface area contributed by atoms with Crippen molar-refractivity contribution in [3.8, 4) is 0 Å². The van der Waals surface area contributed by atoms with E-state index in [1.54, 1.807) is 0 Å². The van der Waals surface area contributed by atoms with Crippen molar-refractivity contribution in [1.29, 1.82) is 0 Å². The van der Waals surface area contributed by atoms with E-state index in [9.17, 15) is 5.11 Å². The molecule has 0 aromatic heterocycles. The minimum atomic E-state index is 0.215. The lowest BCUT2D eigenvalue weighted by Gasteiger charge is -2.44. The zero-order valence-corrected chi connectivity index (χ0v) is 12.5. The van der Waals surface area contributed by atoms with E-state index in [1.807, 2.05) is 0 Å². The van der Waals surface area contributed by atoms with Crippen molar-refractivity contribution in [2.24, 2.45) is 23.2 Å². The van der Waals surface area contributed by atoms with Crippen molar-refractivity contribution in [3.05, 3.63) is 0 Å². The summed E-state index contributed by atoms with van der Waals surface area (Å²) in [7, 11) is 0. The molecule has 2 aliphatic rings. The van der Waals surface area contributed by atoms with Gasteiger partial charge in [-0.05, 0) is 43.6 Å². The Morgan fingerprint density at radius 3 is 2.28 bits per heavy atom. The fourth-order valence-corrected chi connectivity index (χ4v) is 3.71. The van der Waals surface area contributed by atoms with Gasteiger partial charge in [-0.15, -0.1) is 0 Å². The maximum absolute atomic E-state index is 9.85. The second-order valence-corrected chi connectivity index (χ2v) is 7.32. The third-order valence-corrected chi connectivity index (χ3v) is 5.65. The Labute approximate surface area is 113 Å². The Hall–Kier alpha value is -0.0800. The fourth-order valence-electron chi connectivity index (χ4n) is 3.71. The lowest BCUT2D eigenvalue weighted by atomic mass is 9.70. The van der Waals surface area contributed by atoms with Crippen LogP contribution in [0.4, 0.5) is 0 Å². The van der Waals surface area contributed by atoms with Crippen molar-refractivity contribution in [2.45, 2.75) is 52.9 Å². The lowest BCUT2D eigenvalue weighted by Crippen LogP contribution is -2.47. The monoisotopic (exact) mass is 253 g/mol. The summed E-state index contributed by atoms with van der Waals surface area (Å²) < 4.78 is 0. The highest BCUT2D eigenvalue weighted by molar-refractivity contribution is 4.89. The smallest absolute Gasteiger partial charge is 0.0499 e. The standard InChI is InChI=1S/C16H31NO/c1-13-4-7-16(12-18,8-5-13)11-17-9-6-14(2)15(3)10-17/h13-15,18H,4-12H2,1-3H3. The molecular formula is C16H31NO. The van der Waals surface area contributed by atoms with Crippen molar-refractivity contribution in [1.82, 2.24) is 4.90 Å². The molecule has 1 saturated heterocycles. The normalized spacial score (nSPS) is 43.0.